The van der Waals surface area contributed by atoms with Gasteiger partial charge in [0.15, 0.2) is 0 Å². The van der Waals surface area contributed by atoms with E-state index in [1.807, 2.05) is 0 Å². The first kappa shape index (κ1) is 13.3. The summed E-state index contributed by atoms with van der Waals surface area (Å²) in [6.45, 7) is 0.358. The number of unbranched alkanes of at least 4 members (excludes halogenated alkanes) is 1. The van der Waals surface area contributed by atoms with E-state index in [0.29, 0.717) is 19.4 Å². The van der Waals surface area contributed by atoms with Gasteiger partial charge in [-0.05, 0) is 19.4 Å². The van der Waals surface area contributed by atoms with E-state index in [0.717, 1.165) is 6.42 Å². The molecule has 0 aliphatic carbocycles. The molecule has 3 nitrogen and oxygen atoms in total. The summed E-state index contributed by atoms with van der Waals surface area (Å²) in [6.07, 6.45) is 1.82. The number of rotatable bonds is 5. The van der Waals surface area contributed by atoms with E-state index in [-0.39, 0.29) is 12.6 Å². The quantitative estimate of drug-likeness (QED) is 0.460. The van der Waals surface area contributed by atoms with E-state index in [4.69, 9.17) is 40.5 Å². The second-order valence-electron chi connectivity index (χ2n) is 2.52. The summed E-state index contributed by atoms with van der Waals surface area (Å²) in [5.74, 6) is -0.361. The highest BCUT2D eigenvalue weighted by molar-refractivity contribution is 6.67. The third-order valence-corrected chi connectivity index (χ3v) is 1.56. The van der Waals surface area contributed by atoms with Gasteiger partial charge in [0, 0.05) is 6.42 Å². The average Bonchev–Trinajstić information content (AvgIpc) is 2.00. The Labute approximate surface area is 92.5 Å². The summed E-state index contributed by atoms with van der Waals surface area (Å²) >= 11 is 16.1. The van der Waals surface area contributed by atoms with Gasteiger partial charge >= 0.3 is 5.97 Å². The van der Waals surface area contributed by atoms with Crippen molar-refractivity contribution < 1.29 is 9.53 Å². The monoisotopic (exact) mass is 247 g/mol. The molecule has 0 bridgehead atoms. The molecule has 0 aliphatic heterocycles. The minimum Gasteiger partial charge on any atom is -0.461 e. The lowest BCUT2D eigenvalue weighted by Crippen LogP contribution is -2.17. The lowest BCUT2D eigenvalue weighted by molar-refractivity contribution is -0.143. The number of alkyl halides is 3. The van der Waals surface area contributed by atoms with Crippen LogP contribution in [0.3, 0.4) is 0 Å². The van der Waals surface area contributed by atoms with E-state index in [9.17, 15) is 4.79 Å². The molecular weight excluding hydrogens is 236 g/mol. The highest BCUT2D eigenvalue weighted by Crippen LogP contribution is 2.26. The first-order valence-electron chi connectivity index (χ1n) is 3.88. The summed E-state index contributed by atoms with van der Waals surface area (Å²) in [4.78, 5) is 10.9. The predicted molar refractivity (Wildman–Crippen MR) is 54.2 cm³/mol. The molecule has 0 aromatic carbocycles. The van der Waals surface area contributed by atoms with E-state index >= 15 is 0 Å². The van der Waals surface area contributed by atoms with Crippen molar-refractivity contribution in [2.75, 3.05) is 13.2 Å². The van der Waals surface area contributed by atoms with E-state index in [1.54, 1.807) is 0 Å². The van der Waals surface area contributed by atoms with Crippen molar-refractivity contribution in [2.24, 2.45) is 5.73 Å². The van der Waals surface area contributed by atoms with Gasteiger partial charge < -0.3 is 10.5 Å². The van der Waals surface area contributed by atoms with Crippen molar-refractivity contribution in [1.82, 2.24) is 0 Å². The fourth-order valence-electron chi connectivity index (χ4n) is 0.648. The zero-order chi connectivity index (χ0) is 10.3. The molecule has 0 saturated heterocycles. The SMILES string of the molecule is NCCCCC(=O)OCC(Cl)(Cl)Cl. The van der Waals surface area contributed by atoms with Gasteiger partial charge in [-0.1, -0.05) is 34.8 Å². The van der Waals surface area contributed by atoms with Crippen LogP contribution in [-0.4, -0.2) is 22.9 Å². The van der Waals surface area contributed by atoms with Crippen LogP contribution in [0.25, 0.3) is 0 Å². The molecule has 0 aromatic rings. The maximum absolute atomic E-state index is 10.9. The molecule has 6 heteroatoms. The zero-order valence-corrected chi connectivity index (χ0v) is 9.33. The Morgan fingerprint density at radius 3 is 2.38 bits per heavy atom. The number of carbonyl (C=O) groups excluding carboxylic acids is 1. The molecule has 0 radical (unpaired) electrons. The minimum atomic E-state index is -1.52. The summed E-state index contributed by atoms with van der Waals surface area (Å²) in [7, 11) is 0. The number of nitrogens with two attached hydrogens (primary N) is 1. The first-order chi connectivity index (χ1) is 5.95. The molecule has 0 aromatic heterocycles. The third-order valence-electron chi connectivity index (χ3n) is 1.23. The van der Waals surface area contributed by atoms with E-state index in [2.05, 4.69) is 4.74 Å². The van der Waals surface area contributed by atoms with Crippen molar-refractivity contribution in [1.29, 1.82) is 0 Å². The van der Waals surface area contributed by atoms with Gasteiger partial charge in [0.25, 0.3) is 0 Å². The van der Waals surface area contributed by atoms with Gasteiger partial charge in [-0.2, -0.15) is 0 Å². The van der Waals surface area contributed by atoms with Crippen LogP contribution in [0.15, 0.2) is 0 Å². The van der Waals surface area contributed by atoms with Gasteiger partial charge in [0.05, 0.1) is 0 Å². The molecule has 2 N–H and O–H groups in total. The number of halogens is 3. The molecule has 0 rings (SSSR count). The number of esters is 1. The Bertz CT molecular complexity index is 158. The smallest absolute Gasteiger partial charge is 0.305 e. The molecular formula is C7H12Cl3NO2. The van der Waals surface area contributed by atoms with Crippen LogP contribution in [0.1, 0.15) is 19.3 Å². The van der Waals surface area contributed by atoms with Crippen molar-refractivity contribution in [3.63, 3.8) is 0 Å². The number of carbonyl (C=O) groups is 1. The Morgan fingerprint density at radius 1 is 1.31 bits per heavy atom. The number of hydrogen-bond acceptors (Lipinski definition) is 3. The van der Waals surface area contributed by atoms with E-state index < -0.39 is 3.79 Å². The molecule has 0 spiro atoms. The van der Waals surface area contributed by atoms with Gasteiger partial charge in [0.1, 0.15) is 6.61 Å². The molecule has 0 saturated carbocycles. The van der Waals surface area contributed by atoms with Gasteiger partial charge in [-0.15, -0.1) is 0 Å². The maximum Gasteiger partial charge on any atom is 0.305 e. The molecule has 13 heavy (non-hydrogen) atoms. The molecule has 0 fully saturated rings. The Morgan fingerprint density at radius 2 is 1.92 bits per heavy atom. The van der Waals surface area contributed by atoms with Crippen LogP contribution < -0.4 is 5.73 Å². The lowest BCUT2D eigenvalue weighted by Gasteiger charge is -2.10. The van der Waals surface area contributed by atoms with Gasteiger partial charge in [0.2, 0.25) is 3.79 Å². The van der Waals surface area contributed by atoms with Crippen molar-refractivity contribution in [2.45, 2.75) is 23.1 Å². The van der Waals surface area contributed by atoms with Crippen LogP contribution in [0, 0.1) is 0 Å². The van der Waals surface area contributed by atoms with Crippen molar-refractivity contribution in [3.05, 3.63) is 0 Å². The fraction of sp³-hybridized carbons (Fsp3) is 0.857. The second kappa shape index (κ2) is 6.71. The second-order valence-corrected chi connectivity index (χ2v) is 5.04. The maximum atomic E-state index is 10.9. The topological polar surface area (TPSA) is 52.3 Å². The third kappa shape index (κ3) is 10.2. The van der Waals surface area contributed by atoms with Crippen molar-refractivity contribution in [3.8, 4) is 0 Å². The summed E-state index contributed by atoms with van der Waals surface area (Å²) in [5, 5.41) is 0. The normalized spacial score (nSPS) is 11.4. The standard InChI is InChI=1S/C7H12Cl3NO2/c8-7(9,10)5-13-6(12)3-1-2-4-11/h1-5,11H2. The Balaban J connectivity index is 3.41. The number of hydrogen-bond donors (Lipinski definition) is 1. The molecule has 0 aliphatic rings. The summed E-state index contributed by atoms with van der Waals surface area (Å²) in [6, 6.07) is 0. The van der Waals surface area contributed by atoms with Crippen LogP contribution in [-0.2, 0) is 9.53 Å². The predicted octanol–water partition coefficient (Wildman–Crippen LogP) is 2.03. The van der Waals surface area contributed by atoms with Crippen molar-refractivity contribution >= 4 is 40.8 Å². The molecule has 0 unspecified atom stereocenters. The highest BCUT2D eigenvalue weighted by Gasteiger charge is 2.21. The molecule has 78 valence electrons. The lowest BCUT2D eigenvalue weighted by atomic mass is 10.2. The first-order valence-corrected chi connectivity index (χ1v) is 5.01. The molecule has 0 heterocycles. The summed E-state index contributed by atoms with van der Waals surface area (Å²) in [5.41, 5.74) is 5.24. The fourth-order valence-corrected chi connectivity index (χ4v) is 0.812. The average molecular weight is 249 g/mol. The molecule has 0 amide bonds. The van der Waals surface area contributed by atoms with Gasteiger partial charge in [-0.25, -0.2) is 0 Å². The van der Waals surface area contributed by atoms with Crippen LogP contribution in [0.2, 0.25) is 0 Å². The summed E-state index contributed by atoms with van der Waals surface area (Å²) < 4.78 is 3.15. The van der Waals surface area contributed by atoms with Gasteiger partial charge in [-0.3, -0.25) is 4.79 Å². The van der Waals surface area contributed by atoms with Crippen LogP contribution in [0.4, 0.5) is 0 Å². The largest absolute Gasteiger partial charge is 0.461 e. The number of ether oxygens (including phenoxy) is 1. The molecule has 0 atom stereocenters. The Kier molecular flexibility index (Phi) is 6.86. The van der Waals surface area contributed by atoms with Crippen LogP contribution >= 0.6 is 34.8 Å². The highest BCUT2D eigenvalue weighted by atomic mass is 35.6. The van der Waals surface area contributed by atoms with Crippen LogP contribution in [0.5, 0.6) is 0 Å². The van der Waals surface area contributed by atoms with E-state index in [1.165, 1.54) is 0 Å². The minimum absolute atomic E-state index is 0.209. The Hall–Kier alpha value is 0.300. The zero-order valence-electron chi connectivity index (χ0n) is 7.06.